The average molecular weight is 435 g/mol. The van der Waals surface area contributed by atoms with Crippen molar-refractivity contribution >= 4 is 35.6 Å². The number of amides is 1. The number of hydrogen-bond donors (Lipinski definition) is 1. The van der Waals surface area contributed by atoms with Crippen molar-refractivity contribution in [2.75, 3.05) is 12.4 Å². The van der Waals surface area contributed by atoms with E-state index < -0.39 is 23.7 Å². The first-order valence-corrected chi connectivity index (χ1v) is 8.65. The second kappa shape index (κ2) is 9.14. The Balaban J connectivity index is 1.84. The fourth-order valence-electron chi connectivity index (χ4n) is 2.39. The van der Waals surface area contributed by atoms with Gasteiger partial charge in [-0.15, -0.1) is 0 Å². The Morgan fingerprint density at radius 3 is 2.60 bits per heavy atom. The van der Waals surface area contributed by atoms with Crippen LogP contribution >= 0.6 is 11.6 Å². The first-order valence-electron chi connectivity index (χ1n) is 8.27. The monoisotopic (exact) mass is 434 g/mol. The minimum atomic E-state index is -0.925. The predicted octanol–water partition coefficient (Wildman–Crippen LogP) is 4.17. The smallest absolute Gasteiger partial charge is 0.437 e. The maximum Gasteiger partial charge on any atom is 0.437 e. The maximum absolute atomic E-state index is 14.2. The van der Waals surface area contributed by atoms with Crippen molar-refractivity contribution in [3.05, 3.63) is 76.6 Å². The molecule has 0 aliphatic heterocycles. The van der Waals surface area contributed by atoms with E-state index in [1.165, 1.54) is 0 Å². The molecule has 1 N–H and O–H groups in total. The van der Waals surface area contributed by atoms with E-state index in [-0.39, 0.29) is 16.9 Å². The van der Waals surface area contributed by atoms with Crippen LogP contribution in [0.2, 0.25) is 5.02 Å². The number of anilines is 1. The number of nitrogens with one attached hydrogen (secondary N) is 1. The zero-order valence-electron chi connectivity index (χ0n) is 15.3. The van der Waals surface area contributed by atoms with Crippen LogP contribution in [-0.4, -0.2) is 35.2 Å². The summed E-state index contributed by atoms with van der Waals surface area (Å²) in [4.78, 5) is 28.5. The highest BCUT2D eigenvalue weighted by Gasteiger charge is 2.20. The number of ether oxygens (including phenoxy) is 1. The molecule has 3 aromatic rings. The van der Waals surface area contributed by atoms with Crippen LogP contribution in [0.4, 0.5) is 19.3 Å². The Morgan fingerprint density at radius 1 is 1.20 bits per heavy atom. The molecule has 1 heterocycles. The minimum absolute atomic E-state index is 0.0494. The van der Waals surface area contributed by atoms with Gasteiger partial charge in [0.2, 0.25) is 0 Å². The summed E-state index contributed by atoms with van der Waals surface area (Å²) in [7, 11) is 1.15. The molecular formula is C19H13ClF2N4O4. The summed E-state index contributed by atoms with van der Waals surface area (Å²) in [5.74, 6) is -2.49. The molecule has 0 fully saturated rings. The van der Waals surface area contributed by atoms with Crippen molar-refractivity contribution in [2.45, 2.75) is 0 Å². The highest BCUT2D eigenvalue weighted by atomic mass is 35.5. The van der Waals surface area contributed by atoms with Crippen LogP contribution in [0.1, 0.15) is 16.1 Å². The van der Waals surface area contributed by atoms with E-state index in [4.69, 9.17) is 16.4 Å². The molecule has 0 spiro atoms. The number of hydrogen-bond acceptors (Lipinski definition) is 6. The molecule has 1 aromatic heterocycles. The van der Waals surface area contributed by atoms with Gasteiger partial charge >= 0.3 is 12.1 Å². The standard InChI is InChI=1S/C19H13ClF2N4O4/c1-29-18(27)14-9-23-26(16-7-4-12(21)8-15(16)22)17(14)10-24-30-19(28)25-13-5-2-11(20)3-6-13/h2-10H,1H3,(H,25,28). The van der Waals surface area contributed by atoms with E-state index in [0.29, 0.717) is 16.8 Å². The van der Waals surface area contributed by atoms with Crippen molar-refractivity contribution in [3.8, 4) is 5.69 Å². The molecule has 0 saturated heterocycles. The van der Waals surface area contributed by atoms with Gasteiger partial charge < -0.3 is 4.74 Å². The molecule has 0 unspecified atom stereocenters. The fourth-order valence-corrected chi connectivity index (χ4v) is 2.52. The van der Waals surface area contributed by atoms with E-state index in [0.717, 1.165) is 36.3 Å². The summed E-state index contributed by atoms with van der Waals surface area (Å²) in [6.45, 7) is 0. The van der Waals surface area contributed by atoms with Crippen LogP contribution in [0.25, 0.3) is 5.69 Å². The lowest BCUT2D eigenvalue weighted by atomic mass is 10.2. The van der Waals surface area contributed by atoms with E-state index in [1.807, 2.05) is 0 Å². The molecule has 2 aromatic carbocycles. The van der Waals surface area contributed by atoms with Crippen LogP contribution in [-0.2, 0) is 9.57 Å². The molecule has 0 aliphatic carbocycles. The Morgan fingerprint density at radius 2 is 1.93 bits per heavy atom. The van der Waals surface area contributed by atoms with Gasteiger partial charge in [0.05, 0.1) is 19.5 Å². The molecule has 8 nitrogen and oxygen atoms in total. The third kappa shape index (κ3) is 4.78. The van der Waals surface area contributed by atoms with Crippen LogP contribution < -0.4 is 5.32 Å². The van der Waals surface area contributed by atoms with Gasteiger partial charge in [0.15, 0.2) is 5.82 Å². The Hall–Kier alpha value is -3.79. The summed E-state index contributed by atoms with van der Waals surface area (Å²) in [5, 5.41) is 10.3. The van der Waals surface area contributed by atoms with Crippen LogP contribution in [0, 0.1) is 11.6 Å². The van der Waals surface area contributed by atoms with E-state index >= 15 is 0 Å². The molecule has 0 atom stereocenters. The summed E-state index contributed by atoms with van der Waals surface area (Å²) >= 11 is 5.77. The number of carbonyl (C=O) groups excluding carboxylic acids is 2. The molecule has 0 saturated carbocycles. The van der Waals surface area contributed by atoms with Crippen molar-refractivity contribution in [1.29, 1.82) is 0 Å². The number of oxime groups is 1. The van der Waals surface area contributed by atoms with Gasteiger partial charge in [-0.1, -0.05) is 16.8 Å². The Labute approximate surface area is 173 Å². The van der Waals surface area contributed by atoms with Gasteiger partial charge in [-0.05, 0) is 36.4 Å². The number of methoxy groups -OCH3 is 1. The summed E-state index contributed by atoms with van der Waals surface area (Å²) in [6.07, 6.45) is 1.17. The van der Waals surface area contributed by atoms with Crippen molar-refractivity contribution in [3.63, 3.8) is 0 Å². The number of benzene rings is 2. The topological polar surface area (TPSA) is 94.8 Å². The lowest BCUT2D eigenvalue weighted by Gasteiger charge is -2.07. The van der Waals surface area contributed by atoms with Crippen molar-refractivity contribution < 1.29 is 27.9 Å². The van der Waals surface area contributed by atoms with Gasteiger partial charge in [0.25, 0.3) is 0 Å². The van der Waals surface area contributed by atoms with Gasteiger partial charge in [0.1, 0.15) is 22.8 Å². The quantitative estimate of drug-likeness (QED) is 0.281. The minimum Gasteiger partial charge on any atom is -0.465 e. The highest BCUT2D eigenvalue weighted by Crippen LogP contribution is 2.19. The van der Waals surface area contributed by atoms with Crippen LogP contribution in [0.15, 0.2) is 53.8 Å². The highest BCUT2D eigenvalue weighted by molar-refractivity contribution is 6.30. The molecule has 1 amide bonds. The van der Waals surface area contributed by atoms with Crippen molar-refractivity contribution in [2.24, 2.45) is 5.16 Å². The maximum atomic E-state index is 14.2. The van der Waals surface area contributed by atoms with Crippen LogP contribution in [0.3, 0.4) is 0 Å². The van der Waals surface area contributed by atoms with E-state index in [9.17, 15) is 18.4 Å². The van der Waals surface area contributed by atoms with E-state index in [1.54, 1.807) is 24.3 Å². The first kappa shape index (κ1) is 20.9. The average Bonchev–Trinajstić information content (AvgIpc) is 3.12. The number of nitrogens with zero attached hydrogens (tertiary/aromatic N) is 3. The van der Waals surface area contributed by atoms with Crippen LogP contribution in [0.5, 0.6) is 0 Å². The number of carbonyl (C=O) groups is 2. The zero-order chi connectivity index (χ0) is 21.7. The SMILES string of the molecule is COC(=O)c1cnn(-c2ccc(F)cc2F)c1C=NOC(=O)Nc1ccc(Cl)cc1. The molecule has 11 heteroatoms. The summed E-state index contributed by atoms with van der Waals surface area (Å²) in [6, 6.07) is 9.05. The summed E-state index contributed by atoms with van der Waals surface area (Å²) in [5.41, 5.74) is 0.130. The van der Waals surface area contributed by atoms with Gasteiger partial charge in [-0.3, -0.25) is 10.2 Å². The van der Waals surface area contributed by atoms with Gasteiger partial charge in [-0.2, -0.15) is 5.10 Å². The molecular weight excluding hydrogens is 422 g/mol. The Bertz CT molecular complexity index is 1120. The number of rotatable bonds is 5. The zero-order valence-corrected chi connectivity index (χ0v) is 16.1. The Kier molecular flexibility index (Phi) is 6.38. The number of aromatic nitrogens is 2. The molecule has 3 rings (SSSR count). The lowest BCUT2D eigenvalue weighted by Crippen LogP contribution is -2.12. The number of halogens is 3. The van der Waals surface area contributed by atoms with Gasteiger partial charge in [-0.25, -0.2) is 23.1 Å². The number of esters is 1. The largest absolute Gasteiger partial charge is 0.465 e. The second-order valence-corrected chi connectivity index (χ2v) is 6.12. The third-order valence-electron chi connectivity index (χ3n) is 3.75. The predicted molar refractivity (Wildman–Crippen MR) is 104 cm³/mol. The third-order valence-corrected chi connectivity index (χ3v) is 4.00. The molecule has 154 valence electrons. The van der Waals surface area contributed by atoms with E-state index in [2.05, 4.69) is 20.3 Å². The molecule has 0 aliphatic rings. The summed E-state index contributed by atoms with van der Waals surface area (Å²) < 4.78 is 33.0. The molecule has 0 bridgehead atoms. The normalized spacial score (nSPS) is 10.8. The van der Waals surface area contributed by atoms with Gasteiger partial charge in [0, 0.05) is 16.8 Å². The first-order chi connectivity index (χ1) is 14.4. The molecule has 30 heavy (non-hydrogen) atoms. The molecule has 0 radical (unpaired) electrons. The lowest BCUT2D eigenvalue weighted by molar-refractivity contribution is 0.0600. The second-order valence-electron chi connectivity index (χ2n) is 5.69. The fraction of sp³-hybridized carbons (Fsp3) is 0.0526. The van der Waals surface area contributed by atoms with Crippen molar-refractivity contribution in [1.82, 2.24) is 9.78 Å².